The molecule has 1 aliphatic carbocycles. The summed E-state index contributed by atoms with van der Waals surface area (Å²) >= 11 is 0. The molecule has 0 aliphatic heterocycles. The third-order valence-corrected chi connectivity index (χ3v) is 3.04. The number of halogens is 3. The fourth-order valence-electron chi connectivity index (χ4n) is 1.95. The summed E-state index contributed by atoms with van der Waals surface area (Å²) in [6, 6.07) is 6.08. The Bertz CT molecular complexity index is 643. The van der Waals surface area contributed by atoms with Gasteiger partial charge in [-0.25, -0.2) is 0 Å². The van der Waals surface area contributed by atoms with Gasteiger partial charge in [0.2, 0.25) is 5.60 Å². The van der Waals surface area contributed by atoms with Gasteiger partial charge in [0.05, 0.1) is 11.6 Å². The number of hydrogen-bond donors (Lipinski definition) is 0. The van der Waals surface area contributed by atoms with E-state index in [0.29, 0.717) is 6.29 Å². The van der Waals surface area contributed by atoms with Gasteiger partial charge in [-0.05, 0) is 24.3 Å². The lowest BCUT2D eigenvalue weighted by molar-refractivity contribution is -0.137. The molecule has 1 aromatic rings. The lowest BCUT2D eigenvalue weighted by Crippen LogP contribution is -2.43. The predicted octanol–water partition coefficient (Wildman–Crippen LogP) is 3.29. The molecule has 0 fully saturated rings. The maximum atomic E-state index is 12.7. The lowest BCUT2D eigenvalue weighted by Gasteiger charge is -2.30. The number of rotatable bonds is 3. The van der Waals surface area contributed by atoms with Crippen molar-refractivity contribution in [2.75, 3.05) is 0 Å². The molecule has 0 amide bonds. The maximum absolute atomic E-state index is 12.7. The van der Waals surface area contributed by atoms with Crippen LogP contribution in [0.3, 0.4) is 0 Å². The van der Waals surface area contributed by atoms with Gasteiger partial charge in [0, 0.05) is 0 Å². The Morgan fingerprint density at radius 3 is 2.71 bits per heavy atom. The number of hydrogen-bond acceptors (Lipinski definition) is 3. The minimum atomic E-state index is -4.51. The van der Waals surface area contributed by atoms with Crippen molar-refractivity contribution in [3.63, 3.8) is 0 Å². The standard InChI is InChI=1S/C15H10F3NO2/c16-15(17,18)11-5-3-6-13(8-11)21-14(10-20)7-2-1-4-12(14)9-19/h1-8,10,12H. The largest absolute Gasteiger partial charge is 0.474 e. The van der Waals surface area contributed by atoms with Crippen LogP contribution in [0.15, 0.2) is 48.6 Å². The molecule has 0 heterocycles. The number of nitriles is 1. The van der Waals surface area contributed by atoms with Gasteiger partial charge in [-0.2, -0.15) is 18.4 Å². The number of nitrogens with zero attached hydrogens (tertiary/aromatic N) is 1. The van der Waals surface area contributed by atoms with E-state index in [1.54, 1.807) is 6.08 Å². The predicted molar refractivity (Wildman–Crippen MR) is 68.3 cm³/mol. The smallest absolute Gasteiger partial charge is 0.416 e. The van der Waals surface area contributed by atoms with Crippen LogP contribution in [-0.2, 0) is 11.0 Å². The first kappa shape index (κ1) is 14.9. The maximum Gasteiger partial charge on any atom is 0.416 e. The van der Waals surface area contributed by atoms with Crippen molar-refractivity contribution in [1.29, 1.82) is 5.26 Å². The Morgan fingerprint density at radius 1 is 1.33 bits per heavy atom. The zero-order valence-corrected chi connectivity index (χ0v) is 10.7. The Balaban J connectivity index is 2.36. The summed E-state index contributed by atoms with van der Waals surface area (Å²) < 4.78 is 43.4. The fraction of sp³-hybridized carbons (Fsp3) is 0.200. The zero-order chi connectivity index (χ0) is 15.5. The summed E-state index contributed by atoms with van der Waals surface area (Å²) in [5.41, 5.74) is -2.50. The molecule has 0 aromatic heterocycles. The first-order chi connectivity index (χ1) is 9.91. The highest BCUT2D eigenvalue weighted by atomic mass is 19.4. The third kappa shape index (κ3) is 2.97. The summed E-state index contributed by atoms with van der Waals surface area (Å²) in [4.78, 5) is 11.4. The molecule has 1 aliphatic rings. The Kier molecular flexibility index (Phi) is 3.85. The van der Waals surface area contributed by atoms with Crippen molar-refractivity contribution in [3.05, 3.63) is 54.1 Å². The van der Waals surface area contributed by atoms with Crippen molar-refractivity contribution < 1.29 is 22.7 Å². The molecule has 6 heteroatoms. The number of benzene rings is 1. The molecule has 0 saturated carbocycles. The molecule has 21 heavy (non-hydrogen) atoms. The molecule has 3 nitrogen and oxygen atoms in total. The first-order valence-corrected chi connectivity index (χ1v) is 5.99. The normalized spacial score (nSPS) is 24.4. The van der Waals surface area contributed by atoms with E-state index in [1.807, 2.05) is 6.07 Å². The molecule has 1 aromatic carbocycles. The molecule has 2 rings (SSSR count). The van der Waals surface area contributed by atoms with Crippen LogP contribution in [0.1, 0.15) is 5.56 Å². The van der Waals surface area contributed by atoms with Gasteiger partial charge < -0.3 is 4.74 Å². The second-order valence-corrected chi connectivity index (χ2v) is 4.45. The quantitative estimate of drug-likeness (QED) is 0.803. The zero-order valence-electron chi connectivity index (χ0n) is 10.7. The summed E-state index contributed by atoms with van der Waals surface area (Å²) in [7, 11) is 0. The first-order valence-electron chi connectivity index (χ1n) is 5.99. The molecular formula is C15H10F3NO2. The van der Waals surface area contributed by atoms with Gasteiger partial charge in [-0.3, -0.25) is 4.79 Å². The van der Waals surface area contributed by atoms with E-state index < -0.39 is 23.3 Å². The van der Waals surface area contributed by atoms with Gasteiger partial charge >= 0.3 is 6.18 Å². The van der Waals surface area contributed by atoms with Crippen LogP contribution in [0.2, 0.25) is 0 Å². The number of allylic oxidation sites excluding steroid dienone is 2. The van der Waals surface area contributed by atoms with Crippen molar-refractivity contribution in [2.45, 2.75) is 11.8 Å². The van der Waals surface area contributed by atoms with E-state index in [-0.39, 0.29) is 5.75 Å². The molecular weight excluding hydrogens is 283 g/mol. The second kappa shape index (κ2) is 5.44. The molecule has 2 atom stereocenters. The molecule has 0 N–H and O–H groups in total. The molecule has 0 radical (unpaired) electrons. The van der Waals surface area contributed by atoms with Crippen LogP contribution in [0.25, 0.3) is 0 Å². The van der Waals surface area contributed by atoms with Gasteiger partial charge in [0.1, 0.15) is 11.7 Å². The van der Waals surface area contributed by atoms with Crippen molar-refractivity contribution in [2.24, 2.45) is 5.92 Å². The lowest BCUT2D eigenvalue weighted by atomic mass is 9.85. The van der Waals surface area contributed by atoms with E-state index >= 15 is 0 Å². The highest BCUT2D eigenvalue weighted by molar-refractivity contribution is 5.70. The van der Waals surface area contributed by atoms with Crippen LogP contribution in [0.5, 0.6) is 5.75 Å². The summed E-state index contributed by atoms with van der Waals surface area (Å²) in [6.07, 6.45) is 1.81. The number of carbonyl (C=O) groups is 1. The SMILES string of the molecule is N#CC1C=CC=CC1(C=O)Oc1cccc(C(F)(F)F)c1. The van der Waals surface area contributed by atoms with Crippen LogP contribution in [0.4, 0.5) is 13.2 Å². The average Bonchev–Trinajstić information content (AvgIpc) is 2.47. The number of carbonyl (C=O) groups excluding carboxylic acids is 1. The topological polar surface area (TPSA) is 50.1 Å². The van der Waals surface area contributed by atoms with Crippen LogP contribution in [-0.4, -0.2) is 11.9 Å². The molecule has 108 valence electrons. The second-order valence-electron chi connectivity index (χ2n) is 4.45. The van der Waals surface area contributed by atoms with Gasteiger partial charge in [0.15, 0.2) is 6.29 Å². The van der Waals surface area contributed by atoms with E-state index in [4.69, 9.17) is 10.00 Å². The van der Waals surface area contributed by atoms with E-state index in [9.17, 15) is 18.0 Å². The van der Waals surface area contributed by atoms with E-state index in [0.717, 1.165) is 12.1 Å². The monoisotopic (exact) mass is 293 g/mol. The fourth-order valence-corrected chi connectivity index (χ4v) is 1.95. The number of ether oxygens (including phenoxy) is 1. The molecule has 0 bridgehead atoms. The Labute approximate surface area is 118 Å². The minimum absolute atomic E-state index is 0.128. The Hall–Kier alpha value is -2.55. The van der Waals surface area contributed by atoms with Crippen molar-refractivity contribution in [3.8, 4) is 11.8 Å². The van der Waals surface area contributed by atoms with E-state index in [1.165, 1.54) is 30.4 Å². The Morgan fingerprint density at radius 2 is 2.10 bits per heavy atom. The van der Waals surface area contributed by atoms with E-state index in [2.05, 4.69) is 0 Å². The molecule has 0 saturated heterocycles. The number of aldehydes is 1. The van der Waals surface area contributed by atoms with Crippen LogP contribution < -0.4 is 4.74 Å². The van der Waals surface area contributed by atoms with Gasteiger partial charge in [-0.15, -0.1) is 0 Å². The van der Waals surface area contributed by atoms with Crippen molar-refractivity contribution in [1.82, 2.24) is 0 Å². The highest BCUT2D eigenvalue weighted by Crippen LogP contribution is 2.34. The summed E-state index contributed by atoms with van der Waals surface area (Å²) in [6.45, 7) is 0. The third-order valence-electron chi connectivity index (χ3n) is 3.04. The average molecular weight is 293 g/mol. The number of alkyl halides is 3. The summed E-state index contributed by atoms with van der Waals surface area (Å²) in [5.74, 6) is -1.04. The molecule has 2 unspecified atom stereocenters. The van der Waals surface area contributed by atoms with Gasteiger partial charge in [0.25, 0.3) is 0 Å². The van der Waals surface area contributed by atoms with Crippen LogP contribution in [0, 0.1) is 17.2 Å². The highest BCUT2D eigenvalue weighted by Gasteiger charge is 2.39. The van der Waals surface area contributed by atoms with Gasteiger partial charge in [-0.1, -0.05) is 24.3 Å². The minimum Gasteiger partial charge on any atom is -0.474 e. The molecule has 0 spiro atoms. The van der Waals surface area contributed by atoms with Crippen molar-refractivity contribution >= 4 is 6.29 Å². The van der Waals surface area contributed by atoms with Crippen LogP contribution >= 0.6 is 0 Å². The summed E-state index contributed by atoms with van der Waals surface area (Å²) in [5, 5.41) is 9.07.